The molecule has 4 rings (SSSR count). The Morgan fingerprint density at radius 2 is 1.94 bits per heavy atom. The van der Waals surface area contributed by atoms with E-state index in [-0.39, 0.29) is 30.9 Å². The monoisotopic (exact) mass is 434 g/mol. The summed E-state index contributed by atoms with van der Waals surface area (Å²) in [6, 6.07) is 13.5. The number of carbonyl (C=O) groups is 3. The number of carbonyl (C=O) groups excluding carboxylic acids is 3. The summed E-state index contributed by atoms with van der Waals surface area (Å²) in [5, 5.41) is 0. The molecule has 0 N–H and O–H groups in total. The summed E-state index contributed by atoms with van der Waals surface area (Å²) in [7, 11) is 0. The van der Waals surface area contributed by atoms with Crippen LogP contribution in [0.25, 0.3) is 0 Å². The van der Waals surface area contributed by atoms with Crippen molar-refractivity contribution in [3.8, 4) is 5.75 Å². The zero-order valence-electron chi connectivity index (χ0n) is 18.0. The quantitative estimate of drug-likeness (QED) is 0.494. The third-order valence-corrected chi connectivity index (χ3v) is 5.81. The van der Waals surface area contributed by atoms with Gasteiger partial charge in [-0.05, 0) is 43.2 Å². The summed E-state index contributed by atoms with van der Waals surface area (Å²) in [5.41, 5.74) is 1.95. The zero-order chi connectivity index (χ0) is 22.7. The van der Waals surface area contributed by atoms with Crippen molar-refractivity contribution < 1.29 is 23.9 Å². The van der Waals surface area contributed by atoms with E-state index in [4.69, 9.17) is 9.47 Å². The highest BCUT2D eigenvalue weighted by Crippen LogP contribution is 2.44. The number of benzene rings is 2. The molecule has 2 heterocycles. The first-order valence-electron chi connectivity index (χ1n) is 10.7. The maximum absolute atomic E-state index is 13.3. The Morgan fingerprint density at radius 1 is 1.16 bits per heavy atom. The van der Waals surface area contributed by atoms with E-state index < -0.39 is 12.0 Å². The normalized spacial score (nSPS) is 19.2. The van der Waals surface area contributed by atoms with Crippen LogP contribution in [0.1, 0.15) is 35.2 Å². The Labute approximate surface area is 187 Å². The molecular formula is C25H26N2O5. The number of hydrogen-bond donors (Lipinski definition) is 0. The van der Waals surface area contributed by atoms with Crippen LogP contribution < -0.4 is 9.64 Å². The predicted octanol–water partition coefficient (Wildman–Crippen LogP) is 3.16. The third-order valence-electron chi connectivity index (χ3n) is 5.81. The lowest BCUT2D eigenvalue weighted by atomic mass is 9.79. The smallest absolute Gasteiger partial charge is 0.329 e. The standard InChI is InChI=1S/C25H26N2O5/c1-3-13-26-15-17-14-21(25(30)31-4-2)27(20-12-8-11-19(23(17)20)24(26)29)22(28)16-32-18-9-6-5-7-10-18/h3,5-12,17,21H,1,4,13-16H2,2H3/t17-,21-/m0/s1. The van der Waals surface area contributed by atoms with E-state index >= 15 is 0 Å². The Hall–Kier alpha value is -3.61. The van der Waals surface area contributed by atoms with Crippen LogP contribution in [-0.2, 0) is 14.3 Å². The van der Waals surface area contributed by atoms with Gasteiger partial charge in [0.15, 0.2) is 6.61 Å². The van der Waals surface area contributed by atoms with E-state index in [1.54, 1.807) is 48.2 Å². The minimum absolute atomic E-state index is 0.0765. The summed E-state index contributed by atoms with van der Waals surface area (Å²) < 4.78 is 11.0. The molecule has 0 saturated heterocycles. The summed E-state index contributed by atoms with van der Waals surface area (Å²) >= 11 is 0. The van der Waals surface area contributed by atoms with Crippen LogP contribution in [0, 0.1) is 0 Å². The molecule has 32 heavy (non-hydrogen) atoms. The first-order chi connectivity index (χ1) is 15.5. The van der Waals surface area contributed by atoms with E-state index in [1.165, 1.54) is 4.90 Å². The fraction of sp³-hybridized carbons (Fsp3) is 0.320. The van der Waals surface area contributed by atoms with Gasteiger partial charge in [-0.2, -0.15) is 0 Å². The first-order valence-corrected chi connectivity index (χ1v) is 10.7. The van der Waals surface area contributed by atoms with Gasteiger partial charge in [0.1, 0.15) is 11.8 Å². The molecular weight excluding hydrogens is 408 g/mol. The van der Waals surface area contributed by atoms with Gasteiger partial charge in [-0.25, -0.2) is 4.79 Å². The molecule has 2 atom stereocenters. The van der Waals surface area contributed by atoms with Crippen LogP contribution in [-0.4, -0.2) is 55.0 Å². The number of hydrogen-bond acceptors (Lipinski definition) is 5. The van der Waals surface area contributed by atoms with Gasteiger partial charge < -0.3 is 14.4 Å². The molecule has 2 aliphatic heterocycles. The lowest BCUT2D eigenvalue weighted by molar-refractivity contribution is -0.146. The van der Waals surface area contributed by atoms with Crippen molar-refractivity contribution in [1.29, 1.82) is 0 Å². The molecule has 0 fully saturated rings. The molecule has 2 aliphatic rings. The van der Waals surface area contributed by atoms with Gasteiger partial charge in [-0.15, -0.1) is 6.58 Å². The molecule has 0 bridgehead atoms. The van der Waals surface area contributed by atoms with Gasteiger partial charge in [0, 0.05) is 30.3 Å². The van der Waals surface area contributed by atoms with Crippen molar-refractivity contribution in [3.63, 3.8) is 0 Å². The molecule has 2 aromatic carbocycles. The number of para-hydroxylation sites is 1. The number of amides is 2. The van der Waals surface area contributed by atoms with Gasteiger partial charge in [-0.1, -0.05) is 30.3 Å². The molecule has 7 heteroatoms. The van der Waals surface area contributed by atoms with Gasteiger partial charge >= 0.3 is 5.97 Å². The minimum Gasteiger partial charge on any atom is -0.484 e. The summed E-state index contributed by atoms with van der Waals surface area (Å²) in [4.78, 5) is 42.4. The fourth-order valence-corrected chi connectivity index (χ4v) is 4.52. The highest BCUT2D eigenvalue weighted by molar-refractivity contribution is 6.05. The van der Waals surface area contributed by atoms with Crippen LogP contribution in [0.3, 0.4) is 0 Å². The SMILES string of the molecule is C=CCN1C[C@@H]2C[C@@H](C(=O)OCC)N(C(=O)COc3ccccc3)c3cccc(c32)C1=O. The van der Waals surface area contributed by atoms with Crippen molar-refractivity contribution in [2.45, 2.75) is 25.3 Å². The Bertz CT molecular complexity index is 1040. The second-order valence-electron chi connectivity index (χ2n) is 7.80. The summed E-state index contributed by atoms with van der Waals surface area (Å²) in [5.74, 6) is -0.426. The number of esters is 1. The highest BCUT2D eigenvalue weighted by atomic mass is 16.5. The molecule has 0 spiro atoms. The van der Waals surface area contributed by atoms with Gasteiger partial charge in [0.05, 0.1) is 6.61 Å². The van der Waals surface area contributed by atoms with Crippen LogP contribution in [0.5, 0.6) is 5.75 Å². The Kier molecular flexibility index (Phi) is 6.25. The summed E-state index contributed by atoms with van der Waals surface area (Å²) in [6.07, 6.45) is 2.07. The first kappa shape index (κ1) is 21.6. The number of ether oxygens (including phenoxy) is 2. The number of rotatable bonds is 7. The number of nitrogens with zero attached hydrogens (tertiary/aromatic N) is 2. The average Bonchev–Trinajstić information content (AvgIpc) is 2.81. The second-order valence-corrected chi connectivity index (χ2v) is 7.80. The van der Waals surface area contributed by atoms with Crippen molar-refractivity contribution in [1.82, 2.24) is 4.90 Å². The Balaban J connectivity index is 1.71. The molecule has 7 nitrogen and oxygen atoms in total. The predicted molar refractivity (Wildman–Crippen MR) is 120 cm³/mol. The largest absolute Gasteiger partial charge is 0.484 e. The van der Waals surface area contributed by atoms with Crippen LogP contribution >= 0.6 is 0 Å². The maximum atomic E-state index is 13.3. The van der Waals surface area contributed by atoms with Crippen molar-refractivity contribution in [3.05, 3.63) is 72.3 Å². The molecule has 166 valence electrons. The Morgan fingerprint density at radius 3 is 2.66 bits per heavy atom. The topological polar surface area (TPSA) is 76.2 Å². The lowest BCUT2D eigenvalue weighted by Crippen LogP contribution is -2.54. The second kappa shape index (κ2) is 9.26. The van der Waals surface area contributed by atoms with Crippen LogP contribution in [0.2, 0.25) is 0 Å². The molecule has 2 amide bonds. The molecule has 0 aromatic heterocycles. The molecule has 2 aromatic rings. The third kappa shape index (κ3) is 3.98. The van der Waals surface area contributed by atoms with Crippen molar-refractivity contribution in [2.24, 2.45) is 0 Å². The molecule has 0 aliphatic carbocycles. The van der Waals surface area contributed by atoms with Crippen molar-refractivity contribution >= 4 is 23.5 Å². The molecule has 0 saturated carbocycles. The highest BCUT2D eigenvalue weighted by Gasteiger charge is 2.45. The van der Waals surface area contributed by atoms with Crippen molar-refractivity contribution in [2.75, 3.05) is 31.2 Å². The number of anilines is 1. The molecule has 0 unspecified atom stereocenters. The van der Waals surface area contributed by atoms with Gasteiger partial charge in [-0.3, -0.25) is 14.5 Å². The lowest BCUT2D eigenvalue weighted by Gasteiger charge is -2.44. The van der Waals surface area contributed by atoms with Gasteiger partial charge in [0.2, 0.25) is 0 Å². The fourth-order valence-electron chi connectivity index (χ4n) is 4.52. The molecule has 0 radical (unpaired) electrons. The van der Waals surface area contributed by atoms with E-state index in [0.29, 0.717) is 36.5 Å². The van der Waals surface area contributed by atoms with Crippen LogP contribution in [0.4, 0.5) is 5.69 Å². The van der Waals surface area contributed by atoms with Crippen LogP contribution in [0.15, 0.2) is 61.2 Å². The van der Waals surface area contributed by atoms with E-state index in [1.807, 2.05) is 18.2 Å². The maximum Gasteiger partial charge on any atom is 0.329 e. The van der Waals surface area contributed by atoms with E-state index in [0.717, 1.165) is 5.56 Å². The van der Waals surface area contributed by atoms with E-state index in [2.05, 4.69) is 6.58 Å². The van der Waals surface area contributed by atoms with E-state index in [9.17, 15) is 14.4 Å². The van der Waals surface area contributed by atoms with Gasteiger partial charge in [0.25, 0.3) is 11.8 Å². The zero-order valence-corrected chi connectivity index (χ0v) is 18.0. The average molecular weight is 434 g/mol. The summed E-state index contributed by atoms with van der Waals surface area (Å²) in [6.45, 7) is 6.36. The minimum atomic E-state index is -0.784.